The van der Waals surface area contributed by atoms with E-state index in [9.17, 15) is 0 Å². The quantitative estimate of drug-likeness (QED) is 0.866. The number of hydrogen-bond acceptors (Lipinski definition) is 6. The molecule has 0 saturated heterocycles. The smallest absolute Gasteiger partial charge is 0.222 e. The molecule has 0 aliphatic rings. The van der Waals surface area contributed by atoms with E-state index in [1.165, 1.54) is 4.88 Å². The van der Waals surface area contributed by atoms with Gasteiger partial charge in [-0.25, -0.2) is 9.97 Å². The molecule has 0 bridgehead atoms. The topological polar surface area (TPSA) is 76.7 Å². The summed E-state index contributed by atoms with van der Waals surface area (Å²) in [5.41, 5.74) is 6.43. The molecule has 0 spiro atoms. The van der Waals surface area contributed by atoms with Gasteiger partial charge in [-0.05, 0) is 13.3 Å². The molecule has 0 atom stereocenters. The molecule has 0 radical (unpaired) electrons. The Labute approximate surface area is 104 Å². The van der Waals surface area contributed by atoms with Gasteiger partial charge in [0.15, 0.2) is 0 Å². The van der Waals surface area contributed by atoms with Gasteiger partial charge in [0.1, 0.15) is 10.8 Å². The van der Waals surface area contributed by atoms with Gasteiger partial charge >= 0.3 is 0 Å². The van der Waals surface area contributed by atoms with E-state index >= 15 is 0 Å². The number of anilines is 2. The molecule has 17 heavy (non-hydrogen) atoms. The largest absolute Gasteiger partial charge is 0.368 e. The van der Waals surface area contributed by atoms with Crippen LogP contribution in [0.4, 0.5) is 11.8 Å². The zero-order valence-electron chi connectivity index (χ0n) is 9.90. The van der Waals surface area contributed by atoms with Crippen molar-refractivity contribution < 1.29 is 0 Å². The van der Waals surface area contributed by atoms with Gasteiger partial charge in [0.25, 0.3) is 0 Å². The summed E-state index contributed by atoms with van der Waals surface area (Å²) in [5, 5.41) is 4.25. The summed E-state index contributed by atoms with van der Waals surface area (Å²) in [7, 11) is 0. The molecule has 2 heterocycles. The Morgan fingerprint density at radius 1 is 1.41 bits per heavy atom. The number of aryl methyl sites for hydroxylation is 2. The van der Waals surface area contributed by atoms with Crippen LogP contribution in [0.3, 0.4) is 0 Å². The minimum Gasteiger partial charge on any atom is -0.368 e. The lowest BCUT2D eigenvalue weighted by molar-refractivity contribution is 1.05. The molecule has 3 N–H and O–H groups in total. The van der Waals surface area contributed by atoms with Crippen molar-refractivity contribution in [3.63, 3.8) is 0 Å². The number of nitrogens with two attached hydrogens (primary N) is 1. The van der Waals surface area contributed by atoms with Crippen molar-refractivity contribution in [3.8, 4) is 0 Å². The van der Waals surface area contributed by atoms with Gasteiger partial charge in [-0.3, -0.25) is 0 Å². The van der Waals surface area contributed by atoms with Crippen LogP contribution < -0.4 is 11.1 Å². The molecular formula is C11H15N5S. The van der Waals surface area contributed by atoms with E-state index in [2.05, 4.69) is 27.2 Å². The van der Waals surface area contributed by atoms with Crippen LogP contribution in [0.2, 0.25) is 0 Å². The van der Waals surface area contributed by atoms with Gasteiger partial charge in [-0.1, -0.05) is 6.92 Å². The SMILES string of the molecule is CCc1cnc(CNc2cc(C)nc(N)n2)s1. The molecule has 0 aromatic carbocycles. The normalized spacial score (nSPS) is 10.5. The molecule has 0 aliphatic carbocycles. The fourth-order valence-electron chi connectivity index (χ4n) is 1.44. The summed E-state index contributed by atoms with van der Waals surface area (Å²) < 4.78 is 0. The highest BCUT2D eigenvalue weighted by molar-refractivity contribution is 7.11. The number of nitrogens with one attached hydrogen (secondary N) is 1. The summed E-state index contributed by atoms with van der Waals surface area (Å²) in [6.45, 7) is 4.68. The fraction of sp³-hybridized carbons (Fsp3) is 0.364. The number of rotatable bonds is 4. The maximum absolute atomic E-state index is 5.58. The summed E-state index contributed by atoms with van der Waals surface area (Å²) in [5.74, 6) is 1.03. The number of nitrogen functional groups attached to an aromatic ring is 1. The minimum atomic E-state index is 0.292. The van der Waals surface area contributed by atoms with Crippen molar-refractivity contribution in [3.05, 3.63) is 27.8 Å². The first-order chi connectivity index (χ1) is 8.17. The van der Waals surface area contributed by atoms with E-state index in [1.807, 2.05) is 19.2 Å². The third-order valence-corrected chi connectivity index (χ3v) is 3.38. The third kappa shape index (κ3) is 3.13. The van der Waals surface area contributed by atoms with Crippen LogP contribution in [0, 0.1) is 6.92 Å². The summed E-state index contributed by atoms with van der Waals surface area (Å²) in [6, 6.07) is 1.87. The Morgan fingerprint density at radius 3 is 2.88 bits per heavy atom. The lowest BCUT2D eigenvalue weighted by Gasteiger charge is -2.04. The zero-order valence-corrected chi connectivity index (χ0v) is 10.7. The molecule has 0 amide bonds. The van der Waals surface area contributed by atoms with Crippen molar-refractivity contribution in [2.75, 3.05) is 11.1 Å². The van der Waals surface area contributed by atoms with Crippen LogP contribution >= 0.6 is 11.3 Å². The Morgan fingerprint density at radius 2 is 2.24 bits per heavy atom. The van der Waals surface area contributed by atoms with E-state index in [0.29, 0.717) is 12.5 Å². The van der Waals surface area contributed by atoms with E-state index in [4.69, 9.17) is 5.73 Å². The minimum absolute atomic E-state index is 0.292. The average molecular weight is 249 g/mol. The molecular weight excluding hydrogens is 234 g/mol. The highest BCUT2D eigenvalue weighted by atomic mass is 32.1. The van der Waals surface area contributed by atoms with Crippen LogP contribution in [0.1, 0.15) is 22.5 Å². The molecule has 2 aromatic rings. The van der Waals surface area contributed by atoms with Crippen molar-refractivity contribution in [2.24, 2.45) is 0 Å². The number of thiazole rings is 1. The molecule has 0 saturated carbocycles. The van der Waals surface area contributed by atoms with E-state index in [1.54, 1.807) is 11.3 Å². The lowest BCUT2D eigenvalue weighted by atomic mass is 10.4. The second-order valence-electron chi connectivity index (χ2n) is 3.68. The maximum Gasteiger partial charge on any atom is 0.222 e. The molecule has 0 aliphatic heterocycles. The molecule has 2 aromatic heterocycles. The van der Waals surface area contributed by atoms with Crippen molar-refractivity contribution in [1.82, 2.24) is 15.0 Å². The van der Waals surface area contributed by atoms with Gasteiger partial charge in [0.2, 0.25) is 5.95 Å². The van der Waals surface area contributed by atoms with Gasteiger partial charge in [0.05, 0.1) is 6.54 Å². The first kappa shape index (κ1) is 11.8. The predicted molar refractivity (Wildman–Crippen MR) is 70.0 cm³/mol. The molecule has 5 nitrogen and oxygen atoms in total. The molecule has 90 valence electrons. The van der Waals surface area contributed by atoms with Crippen LogP contribution in [0.5, 0.6) is 0 Å². The second kappa shape index (κ2) is 5.09. The first-order valence-corrected chi connectivity index (χ1v) is 6.27. The van der Waals surface area contributed by atoms with Crippen LogP contribution in [-0.4, -0.2) is 15.0 Å². The van der Waals surface area contributed by atoms with Crippen molar-refractivity contribution in [1.29, 1.82) is 0 Å². The van der Waals surface area contributed by atoms with Crippen LogP contribution in [0.15, 0.2) is 12.3 Å². The van der Waals surface area contributed by atoms with E-state index in [0.717, 1.165) is 22.9 Å². The van der Waals surface area contributed by atoms with E-state index < -0.39 is 0 Å². The summed E-state index contributed by atoms with van der Waals surface area (Å²) in [6.07, 6.45) is 2.94. The van der Waals surface area contributed by atoms with Gasteiger partial charge in [-0.2, -0.15) is 4.98 Å². The molecule has 2 rings (SSSR count). The third-order valence-electron chi connectivity index (χ3n) is 2.24. The summed E-state index contributed by atoms with van der Waals surface area (Å²) >= 11 is 1.71. The molecule has 0 fully saturated rings. The first-order valence-electron chi connectivity index (χ1n) is 5.46. The molecule has 0 unspecified atom stereocenters. The lowest BCUT2D eigenvalue weighted by Crippen LogP contribution is -2.04. The monoisotopic (exact) mass is 249 g/mol. The Hall–Kier alpha value is -1.69. The predicted octanol–water partition coefficient (Wildman–Crippen LogP) is 2.00. The van der Waals surface area contributed by atoms with Crippen molar-refractivity contribution >= 4 is 23.1 Å². The van der Waals surface area contributed by atoms with Crippen LogP contribution in [-0.2, 0) is 13.0 Å². The standard InChI is InChI=1S/C11H15N5S/c1-3-8-5-14-10(17-8)6-13-9-4-7(2)15-11(12)16-9/h4-5H,3,6H2,1-2H3,(H3,12,13,15,16). The Kier molecular flexibility index (Phi) is 3.53. The average Bonchev–Trinajstić information content (AvgIpc) is 2.73. The highest BCUT2D eigenvalue weighted by Crippen LogP contribution is 2.15. The molecule has 6 heteroatoms. The summed E-state index contributed by atoms with van der Waals surface area (Å²) in [4.78, 5) is 13.7. The zero-order chi connectivity index (χ0) is 12.3. The number of hydrogen-bond donors (Lipinski definition) is 2. The highest BCUT2D eigenvalue weighted by Gasteiger charge is 2.02. The Bertz CT molecular complexity index is 488. The maximum atomic E-state index is 5.58. The van der Waals surface area contributed by atoms with Gasteiger partial charge in [0, 0.05) is 22.8 Å². The van der Waals surface area contributed by atoms with Crippen LogP contribution in [0.25, 0.3) is 0 Å². The number of nitrogens with zero attached hydrogens (tertiary/aromatic N) is 3. The number of aromatic nitrogens is 3. The van der Waals surface area contributed by atoms with E-state index in [-0.39, 0.29) is 0 Å². The second-order valence-corrected chi connectivity index (χ2v) is 4.88. The van der Waals surface area contributed by atoms with Gasteiger partial charge in [-0.15, -0.1) is 11.3 Å². The van der Waals surface area contributed by atoms with Crippen molar-refractivity contribution in [2.45, 2.75) is 26.8 Å². The Balaban J connectivity index is 2.01. The van der Waals surface area contributed by atoms with Gasteiger partial charge < -0.3 is 11.1 Å². The fourth-order valence-corrected chi connectivity index (χ4v) is 2.24.